The van der Waals surface area contributed by atoms with Crippen LogP contribution in [0.5, 0.6) is 0 Å². The first-order chi connectivity index (χ1) is 25.7. The van der Waals surface area contributed by atoms with Gasteiger partial charge in [0.1, 0.15) is 0 Å². The lowest BCUT2D eigenvalue weighted by atomic mass is 9.89. The number of aromatic nitrogens is 3. The Bertz CT molecular complexity index is 2650. The molecule has 0 fully saturated rings. The minimum absolute atomic E-state index is 0.669. The van der Waals surface area contributed by atoms with Gasteiger partial charge in [-0.15, -0.1) is 11.3 Å². The molecule has 0 spiro atoms. The Morgan fingerprint density at radius 3 is 1.83 bits per heavy atom. The van der Waals surface area contributed by atoms with E-state index in [2.05, 4.69) is 127 Å². The van der Waals surface area contributed by atoms with E-state index in [0.29, 0.717) is 17.5 Å². The van der Waals surface area contributed by atoms with E-state index in [1.807, 2.05) is 49.4 Å². The summed E-state index contributed by atoms with van der Waals surface area (Å²) >= 11 is 1.86. The normalized spacial score (nSPS) is 13.2. The molecule has 52 heavy (non-hydrogen) atoms. The van der Waals surface area contributed by atoms with Gasteiger partial charge in [0, 0.05) is 36.9 Å². The molecule has 6 aromatic carbocycles. The summed E-state index contributed by atoms with van der Waals surface area (Å²) in [5.74, 6) is 2.03. The van der Waals surface area contributed by atoms with Crippen LogP contribution in [-0.4, -0.2) is 15.0 Å². The lowest BCUT2D eigenvalue weighted by Crippen LogP contribution is -2.01. The van der Waals surface area contributed by atoms with Crippen LogP contribution < -0.4 is 0 Å². The molecular formula is C48H37N3S. The Morgan fingerprint density at radius 1 is 0.500 bits per heavy atom. The van der Waals surface area contributed by atoms with Crippen LogP contribution in [0.1, 0.15) is 37.8 Å². The smallest absolute Gasteiger partial charge is 0.164 e. The Hall–Kier alpha value is -5.97. The van der Waals surface area contributed by atoms with Gasteiger partial charge in [0.05, 0.1) is 0 Å². The molecule has 2 aliphatic rings. The van der Waals surface area contributed by atoms with Gasteiger partial charge in [-0.1, -0.05) is 141 Å². The molecule has 0 aliphatic heterocycles. The van der Waals surface area contributed by atoms with Crippen molar-refractivity contribution in [2.45, 2.75) is 33.1 Å². The van der Waals surface area contributed by atoms with Crippen LogP contribution in [0.4, 0.5) is 0 Å². The number of nitrogens with zero attached hydrogens (tertiary/aromatic N) is 3. The van der Waals surface area contributed by atoms with Crippen LogP contribution >= 0.6 is 11.3 Å². The second-order valence-electron chi connectivity index (χ2n) is 13.1. The standard InChI is InChI=1S/C46H31N3S.C2H6/c1-3-11-29(12-4-1)30-19-21-32(22-20-30)45-47-44(31-13-5-2-6-14-31)48-46(49-45)36-26-35-25-33-15-7-8-16-37(33)43(35)39(28-36)34-23-24-42-40(27-34)38-17-9-10-18-41(38)50-42;1-2/h1-6,8-14,16-24,26-28H,7,15,25H2;1-2H3. The van der Waals surface area contributed by atoms with Crippen molar-refractivity contribution in [2.24, 2.45) is 0 Å². The summed E-state index contributed by atoms with van der Waals surface area (Å²) in [6.07, 6.45) is 7.84. The molecule has 250 valence electrons. The summed E-state index contributed by atoms with van der Waals surface area (Å²) in [5.41, 5.74) is 13.4. The number of benzene rings is 6. The maximum atomic E-state index is 5.19. The third kappa shape index (κ3) is 5.75. The van der Waals surface area contributed by atoms with Crippen LogP contribution in [-0.2, 0) is 6.42 Å². The molecule has 3 nitrogen and oxygen atoms in total. The van der Waals surface area contributed by atoms with Crippen LogP contribution in [0.2, 0.25) is 0 Å². The zero-order valence-corrected chi connectivity index (χ0v) is 30.1. The van der Waals surface area contributed by atoms with Crippen molar-refractivity contribution < 1.29 is 0 Å². The van der Waals surface area contributed by atoms with Gasteiger partial charge in [-0.25, -0.2) is 15.0 Å². The molecular weight excluding hydrogens is 651 g/mol. The number of hydrogen-bond acceptors (Lipinski definition) is 4. The molecule has 0 radical (unpaired) electrons. The zero-order valence-electron chi connectivity index (χ0n) is 29.3. The second kappa shape index (κ2) is 13.6. The molecule has 2 aromatic heterocycles. The summed E-state index contributed by atoms with van der Waals surface area (Å²) in [4.78, 5) is 15.4. The van der Waals surface area contributed by atoms with Gasteiger partial charge < -0.3 is 0 Å². The minimum atomic E-state index is 0.669. The highest BCUT2D eigenvalue weighted by molar-refractivity contribution is 7.25. The Kier molecular flexibility index (Phi) is 8.38. The lowest BCUT2D eigenvalue weighted by molar-refractivity contribution is 0.935. The third-order valence-corrected chi connectivity index (χ3v) is 11.2. The summed E-state index contributed by atoms with van der Waals surface area (Å²) in [7, 11) is 0. The maximum Gasteiger partial charge on any atom is 0.164 e. The minimum Gasteiger partial charge on any atom is -0.208 e. The fourth-order valence-electron chi connectivity index (χ4n) is 7.59. The van der Waals surface area contributed by atoms with Crippen LogP contribution in [0, 0.1) is 0 Å². The van der Waals surface area contributed by atoms with E-state index in [0.717, 1.165) is 41.5 Å². The molecule has 10 rings (SSSR count). The van der Waals surface area contributed by atoms with E-state index in [1.54, 1.807) is 0 Å². The lowest BCUT2D eigenvalue weighted by Gasteiger charge is -2.16. The summed E-state index contributed by atoms with van der Waals surface area (Å²) in [5, 5.41) is 2.62. The molecule has 8 aromatic rings. The molecule has 2 aliphatic carbocycles. The number of fused-ring (bicyclic) bond motifs is 5. The fraction of sp³-hybridized carbons (Fsp3) is 0.104. The molecule has 0 amide bonds. The predicted molar refractivity (Wildman–Crippen MR) is 220 cm³/mol. The number of hydrogen-bond donors (Lipinski definition) is 0. The third-order valence-electron chi connectivity index (χ3n) is 10.0. The van der Waals surface area contributed by atoms with E-state index in [-0.39, 0.29) is 0 Å². The fourth-order valence-corrected chi connectivity index (χ4v) is 8.67. The average molecular weight is 688 g/mol. The van der Waals surface area contributed by atoms with E-state index in [9.17, 15) is 0 Å². The van der Waals surface area contributed by atoms with Crippen LogP contribution in [0.15, 0.2) is 157 Å². The maximum absolute atomic E-state index is 5.19. The van der Waals surface area contributed by atoms with Gasteiger partial charge in [0.25, 0.3) is 0 Å². The predicted octanol–water partition coefficient (Wildman–Crippen LogP) is 13.3. The van der Waals surface area contributed by atoms with E-state index in [4.69, 9.17) is 15.0 Å². The highest BCUT2D eigenvalue weighted by Crippen LogP contribution is 2.46. The highest BCUT2D eigenvalue weighted by Gasteiger charge is 2.27. The molecule has 0 saturated heterocycles. The van der Waals surface area contributed by atoms with Crippen LogP contribution in [0.3, 0.4) is 0 Å². The summed E-state index contributed by atoms with van der Waals surface area (Å²) < 4.78 is 2.63. The van der Waals surface area contributed by atoms with Gasteiger partial charge in [0.15, 0.2) is 17.5 Å². The van der Waals surface area contributed by atoms with Gasteiger partial charge in [-0.05, 0) is 88.5 Å². The monoisotopic (exact) mass is 687 g/mol. The van der Waals surface area contributed by atoms with Gasteiger partial charge in [0.2, 0.25) is 0 Å². The number of rotatable bonds is 5. The van der Waals surface area contributed by atoms with Gasteiger partial charge in [-0.3, -0.25) is 0 Å². The zero-order chi connectivity index (χ0) is 35.0. The molecule has 0 saturated carbocycles. The van der Waals surface area contributed by atoms with E-state index in [1.165, 1.54) is 59.1 Å². The summed E-state index contributed by atoms with van der Waals surface area (Å²) in [6.45, 7) is 4.00. The first-order valence-corrected chi connectivity index (χ1v) is 19.0. The van der Waals surface area contributed by atoms with Crippen molar-refractivity contribution in [1.82, 2.24) is 15.0 Å². The second-order valence-corrected chi connectivity index (χ2v) is 14.2. The molecule has 0 unspecified atom stereocenters. The first-order valence-electron chi connectivity index (χ1n) is 18.2. The van der Waals surface area contributed by atoms with Crippen molar-refractivity contribution in [3.8, 4) is 56.4 Å². The Morgan fingerprint density at radius 2 is 1.08 bits per heavy atom. The molecule has 0 N–H and O–H groups in total. The molecule has 0 bridgehead atoms. The van der Waals surface area contributed by atoms with Crippen LogP contribution in [0.25, 0.3) is 82.2 Å². The van der Waals surface area contributed by atoms with Gasteiger partial charge >= 0.3 is 0 Å². The molecule has 4 heteroatoms. The largest absolute Gasteiger partial charge is 0.208 e. The van der Waals surface area contributed by atoms with E-state index < -0.39 is 0 Å². The Labute approximate surface area is 308 Å². The van der Waals surface area contributed by atoms with Crippen molar-refractivity contribution in [3.63, 3.8) is 0 Å². The molecule has 2 heterocycles. The van der Waals surface area contributed by atoms with Crippen molar-refractivity contribution in [1.29, 1.82) is 0 Å². The van der Waals surface area contributed by atoms with Crippen molar-refractivity contribution in [3.05, 3.63) is 168 Å². The van der Waals surface area contributed by atoms with Gasteiger partial charge in [-0.2, -0.15) is 0 Å². The molecule has 0 atom stereocenters. The Balaban J connectivity index is 0.00000177. The average Bonchev–Trinajstić information content (AvgIpc) is 3.80. The van der Waals surface area contributed by atoms with Crippen molar-refractivity contribution >= 4 is 37.1 Å². The summed E-state index contributed by atoms with van der Waals surface area (Å²) in [6, 6.07) is 49.6. The number of thiophene rings is 1. The first kappa shape index (κ1) is 32.0. The SMILES string of the molecule is C1=CC2=C(CC1)Cc1cc(-c3nc(-c4ccccc4)nc(-c4ccc(-c5ccccc5)cc4)n3)cc(-c3ccc4sc5ccccc5c4c3)c12.CC. The van der Waals surface area contributed by atoms with Crippen molar-refractivity contribution in [2.75, 3.05) is 0 Å². The number of allylic oxidation sites excluding steroid dienone is 4. The topological polar surface area (TPSA) is 38.7 Å². The van der Waals surface area contributed by atoms with E-state index >= 15 is 0 Å². The quantitative estimate of drug-likeness (QED) is 0.181. The highest BCUT2D eigenvalue weighted by atomic mass is 32.1.